The number of rotatable bonds is 5. The minimum Gasteiger partial charge on any atom is -0.481 e. The zero-order valence-corrected chi connectivity index (χ0v) is 13.1. The molecule has 2 aliphatic heterocycles. The number of aryl methyl sites for hydroxylation is 1. The third-order valence-electron chi connectivity index (χ3n) is 4.50. The average molecular weight is 312 g/mol. The van der Waals surface area contributed by atoms with Crippen molar-refractivity contribution in [2.24, 2.45) is 11.3 Å². The summed E-state index contributed by atoms with van der Waals surface area (Å²) < 4.78 is 5.10. The molecular formula is C13H20N4O3S. The highest BCUT2D eigenvalue weighted by Crippen LogP contribution is 2.44. The Hall–Kier alpha value is -1.25. The van der Waals surface area contributed by atoms with Crippen molar-refractivity contribution in [2.75, 3.05) is 51.3 Å². The lowest BCUT2D eigenvalue weighted by molar-refractivity contribution is -0.148. The Labute approximate surface area is 127 Å². The Bertz CT molecular complexity index is 537. The fourth-order valence-corrected chi connectivity index (χ4v) is 4.12. The zero-order chi connectivity index (χ0) is 15.0. The van der Waals surface area contributed by atoms with E-state index < -0.39 is 11.4 Å². The van der Waals surface area contributed by atoms with Crippen LogP contribution >= 0.6 is 11.3 Å². The number of nitrogens with zero attached hydrogens (tertiary/aromatic N) is 4. The van der Waals surface area contributed by atoms with Gasteiger partial charge in [-0.15, -0.1) is 10.2 Å². The van der Waals surface area contributed by atoms with Gasteiger partial charge in [-0.25, -0.2) is 0 Å². The van der Waals surface area contributed by atoms with Crippen LogP contribution in [0.1, 0.15) is 5.01 Å². The van der Waals surface area contributed by atoms with E-state index in [4.69, 9.17) is 4.74 Å². The first-order valence-electron chi connectivity index (χ1n) is 7.05. The Morgan fingerprint density at radius 1 is 1.48 bits per heavy atom. The van der Waals surface area contributed by atoms with Crippen LogP contribution in [0.5, 0.6) is 0 Å². The predicted molar refractivity (Wildman–Crippen MR) is 78.7 cm³/mol. The molecule has 0 unspecified atom stereocenters. The fraction of sp³-hybridized carbons (Fsp3) is 0.769. The highest BCUT2D eigenvalue weighted by Gasteiger charge is 2.57. The van der Waals surface area contributed by atoms with Gasteiger partial charge in [0.05, 0.1) is 6.61 Å². The van der Waals surface area contributed by atoms with E-state index in [1.807, 2.05) is 6.92 Å². The largest absolute Gasteiger partial charge is 0.481 e. The van der Waals surface area contributed by atoms with Crippen LogP contribution in [0.15, 0.2) is 0 Å². The summed E-state index contributed by atoms with van der Waals surface area (Å²) in [4.78, 5) is 16.2. The van der Waals surface area contributed by atoms with Gasteiger partial charge in [0, 0.05) is 45.8 Å². The fourth-order valence-electron chi connectivity index (χ4n) is 3.42. The van der Waals surface area contributed by atoms with Crippen LogP contribution in [0.2, 0.25) is 0 Å². The van der Waals surface area contributed by atoms with E-state index in [-0.39, 0.29) is 5.92 Å². The molecule has 2 aliphatic rings. The molecule has 0 saturated carbocycles. The first-order chi connectivity index (χ1) is 10.0. The van der Waals surface area contributed by atoms with E-state index in [0.29, 0.717) is 19.7 Å². The molecule has 3 heterocycles. The summed E-state index contributed by atoms with van der Waals surface area (Å²) in [6, 6.07) is 0. The molecule has 2 saturated heterocycles. The number of carboxylic acid groups (broad SMARTS) is 1. The molecule has 0 radical (unpaired) electrons. The second-order valence-corrected chi connectivity index (χ2v) is 7.03. The summed E-state index contributed by atoms with van der Waals surface area (Å²) in [5, 5.41) is 19.7. The lowest BCUT2D eigenvalue weighted by atomic mass is 9.81. The van der Waals surface area contributed by atoms with E-state index in [2.05, 4.69) is 20.0 Å². The molecule has 1 aromatic heterocycles. The number of ether oxygens (including phenoxy) is 1. The molecule has 1 aromatic rings. The highest BCUT2D eigenvalue weighted by molar-refractivity contribution is 7.15. The van der Waals surface area contributed by atoms with Gasteiger partial charge >= 0.3 is 5.97 Å². The zero-order valence-electron chi connectivity index (χ0n) is 12.3. The van der Waals surface area contributed by atoms with Crippen molar-refractivity contribution in [1.82, 2.24) is 15.1 Å². The first kappa shape index (κ1) is 14.7. The molecular weight excluding hydrogens is 292 g/mol. The van der Waals surface area contributed by atoms with Gasteiger partial charge in [0.2, 0.25) is 5.13 Å². The maximum Gasteiger partial charge on any atom is 0.313 e. The molecule has 116 valence electrons. The monoisotopic (exact) mass is 312 g/mol. The number of likely N-dealkylation sites (tertiary alicyclic amines) is 1. The third-order valence-corrected chi connectivity index (χ3v) is 5.40. The van der Waals surface area contributed by atoms with E-state index in [1.165, 1.54) is 11.3 Å². The molecule has 0 bridgehead atoms. The van der Waals surface area contributed by atoms with E-state index in [1.54, 1.807) is 7.11 Å². The van der Waals surface area contributed by atoms with Gasteiger partial charge in [0.25, 0.3) is 0 Å². The minimum atomic E-state index is -0.698. The molecule has 3 rings (SSSR count). The second-order valence-electron chi connectivity index (χ2n) is 5.87. The summed E-state index contributed by atoms with van der Waals surface area (Å²) >= 11 is 1.53. The number of methoxy groups -OCH3 is 1. The number of aliphatic carboxylic acids is 1. The van der Waals surface area contributed by atoms with Crippen molar-refractivity contribution in [3.63, 3.8) is 0 Å². The molecule has 0 aromatic carbocycles. The molecule has 1 N–H and O–H groups in total. The molecule has 8 heteroatoms. The molecule has 7 nitrogen and oxygen atoms in total. The Balaban J connectivity index is 1.75. The number of fused-ring (bicyclic) bond motifs is 1. The molecule has 0 amide bonds. The van der Waals surface area contributed by atoms with Gasteiger partial charge in [-0.1, -0.05) is 11.3 Å². The Morgan fingerprint density at radius 2 is 2.29 bits per heavy atom. The highest BCUT2D eigenvalue weighted by atomic mass is 32.1. The predicted octanol–water partition coefficient (Wildman–Crippen LogP) is 0.316. The van der Waals surface area contributed by atoms with Crippen LogP contribution < -0.4 is 4.90 Å². The summed E-state index contributed by atoms with van der Waals surface area (Å²) in [6.07, 6.45) is 0. The SMILES string of the molecule is COCCN1C[C@@H]2CN(c3nnc(C)s3)C[C@]2(C(=O)O)C1. The molecule has 21 heavy (non-hydrogen) atoms. The molecule has 0 aliphatic carbocycles. The quantitative estimate of drug-likeness (QED) is 0.838. The number of hydrogen-bond donors (Lipinski definition) is 1. The second kappa shape index (κ2) is 5.51. The van der Waals surface area contributed by atoms with Crippen molar-refractivity contribution in [2.45, 2.75) is 6.92 Å². The van der Waals surface area contributed by atoms with Crippen molar-refractivity contribution in [1.29, 1.82) is 0 Å². The number of anilines is 1. The maximum absolute atomic E-state index is 11.9. The van der Waals surface area contributed by atoms with Crippen LogP contribution in [-0.4, -0.2) is 72.6 Å². The Morgan fingerprint density at radius 3 is 2.86 bits per heavy atom. The van der Waals surface area contributed by atoms with E-state index >= 15 is 0 Å². The molecule has 2 fully saturated rings. The average Bonchev–Trinajstić information content (AvgIpc) is 3.07. The maximum atomic E-state index is 11.9. The van der Waals surface area contributed by atoms with Crippen molar-refractivity contribution in [3.05, 3.63) is 5.01 Å². The number of carbonyl (C=O) groups is 1. The first-order valence-corrected chi connectivity index (χ1v) is 7.86. The van der Waals surface area contributed by atoms with Crippen LogP contribution in [-0.2, 0) is 9.53 Å². The molecule has 0 spiro atoms. The smallest absolute Gasteiger partial charge is 0.313 e. The Kier molecular flexibility index (Phi) is 3.85. The van der Waals surface area contributed by atoms with Crippen molar-refractivity contribution in [3.8, 4) is 0 Å². The van der Waals surface area contributed by atoms with Crippen molar-refractivity contribution >= 4 is 22.4 Å². The summed E-state index contributed by atoms with van der Waals surface area (Å²) in [6.45, 7) is 6.00. The summed E-state index contributed by atoms with van der Waals surface area (Å²) in [7, 11) is 1.67. The standard InChI is InChI=1S/C13H20N4O3S/c1-9-14-15-12(21-9)17-6-10-5-16(3-4-20-2)7-13(10,8-17)11(18)19/h10H,3-8H2,1-2H3,(H,18,19)/t10-,13-/m1/s1. The van der Waals surface area contributed by atoms with Crippen molar-refractivity contribution < 1.29 is 14.6 Å². The topological polar surface area (TPSA) is 78.8 Å². The van der Waals surface area contributed by atoms with Crippen LogP contribution in [0, 0.1) is 18.3 Å². The van der Waals surface area contributed by atoms with Gasteiger partial charge in [-0.05, 0) is 6.92 Å². The summed E-state index contributed by atoms with van der Waals surface area (Å²) in [5.74, 6) is -0.563. The van der Waals surface area contributed by atoms with Gasteiger partial charge < -0.3 is 14.7 Å². The lowest BCUT2D eigenvalue weighted by Gasteiger charge is -2.24. The van der Waals surface area contributed by atoms with E-state index in [0.717, 1.165) is 29.8 Å². The van der Waals surface area contributed by atoms with Crippen LogP contribution in [0.4, 0.5) is 5.13 Å². The lowest BCUT2D eigenvalue weighted by Crippen LogP contribution is -2.41. The minimum absolute atomic E-state index is 0.135. The summed E-state index contributed by atoms with van der Waals surface area (Å²) in [5.41, 5.74) is -0.687. The molecule has 2 atom stereocenters. The van der Waals surface area contributed by atoms with Crippen LogP contribution in [0.25, 0.3) is 0 Å². The van der Waals surface area contributed by atoms with E-state index in [9.17, 15) is 9.90 Å². The number of aromatic nitrogens is 2. The third kappa shape index (κ3) is 2.51. The normalized spacial score (nSPS) is 29.0. The van der Waals surface area contributed by atoms with Gasteiger partial charge in [-0.3, -0.25) is 9.69 Å². The van der Waals surface area contributed by atoms with Gasteiger partial charge in [-0.2, -0.15) is 0 Å². The number of carboxylic acids is 1. The number of hydrogen-bond acceptors (Lipinski definition) is 7. The van der Waals surface area contributed by atoms with Gasteiger partial charge in [0.1, 0.15) is 10.4 Å². The van der Waals surface area contributed by atoms with Crippen LogP contribution in [0.3, 0.4) is 0 Å². The van der Waals surface area contributed by atoms with Gasteiger partial charge in [0.15, 0.2) is 0 Å².